The van der Waals surface area contributed by atoms with Crippen LogP contribution in [0.1, 0.15) is 5.56 Å². The molecule has 14 aromatic rings. The lowest BCUT2D eigenvalue weighted by Crippen LogP contribution is -2.12. The van der Waals surface area contributed by atoms with Gasteiger partial charge in [0.15, 0.2) is 11.2 Å². The summed E-state index contributed by atoms with van der Waals surface area (Å²) in [5.74, 6) is 0. The lowest BCUT2D eigenvalue weighted by Gasteiger charge is -2.29. The molecular weight excluding hydrogens is 873 g/mol. The largest absolute Gasteiger partial charge is 0.454 e. The number of rotatable bonds is 8. The van der Waals surface area contributed by atoms with E-state index in [2.05, 4.69) is 241 Å². The van der Waals surface area contributed by atoms with Crippen molar-refractivity contribution >= 4 is 120 Å². The minimum Gasteiger partial charge on any atom is -0.454 e. The standard InChI is InChI=1S/C65H42N2O2S/c1-41-34-36-55(52(38-41)43-20-6-3-7-21-43)66(56-30-16-27-50-47-24-11-14-32-59(47)68-64(50)56)44-35-37-61-53(39-44)63-49-26-9-8-23-46(49)58(40-62(63)70-61)67(54-29-13-10-22-45(54)42-18-4-2-5-19-42)57-31-17-28-51-48-25-12-15-33-60(48)69-65(51)57/h2-40H,1H3. The van der Waals surface area contributed by atoms with Crippen LogP contribution in [0.4, 0.5) is 34.1 Å². The highest BCUT2D eigenvalue weighted by atomic mass is 32.1. The number of aryl methyl sites for hydroxylation is 1. The molecule has 0 unspecified atom stereocenters. The van der Waals surface area contributed by atoms with Crippen LogP contribution < -0.4 is 9.80 Å². The van der Waals surface area contributed by atoms with E-state index in [1.165, 1.54) is 31.1 Å². The van der Waals surface area contributed by atoms with E-state index in [1.54, 1.807) is 0 Å². The molecule has 0 amide bonds. The maximum atomic E-state index is 6.85. The van der Waals surface area contributed by atoms with E-state index < -0.39 is 0 Å². The number of benzene rings is 11. The fourth-order valence-corrected chi connectivity index (χ4v) is 11.9. The van der Waals surface area contributed by atoms with E-state index in [-0.39, 0.29) is 0 Å². The molecule has 3 aromatic heterocycles. The Kier molecular flexibility index (Phi) is 9.26. The summed E-state index contributed by atoms with van der Waals surface area (Å²) in [5.41, 5.74) is 15.4. The smallest absolute Gasteiger partial charge is 0.159 e. The van der Waals surface area contributed by atoms with Crippen molar-refractivity contribution in [3.8, 4) is 22.3 Å². The molecule has 330 valence electrons. The van der Waals surface area contributed by atoms with Crippen LogP contribution in [0.3, 0.4) is 0 Å². The van der Waals surface area contributed by atoms with Crippen molar-refractivity contribution in [3.05, 3.63) is 242 Å². The molecule has 0 fully saturated rings. The van der Waals surface area contributed by atoms with Crippen LogP contribution in [0.2, 0.25) is 0 Å². The fourth-order valence-electron chi connectivity index (χ4n) is 10.8. The van der Waals surface area contributed by atoms with Crippen molar-refractivity contribution in [2.45, 2.75) is 6.92 Å². The second kappa shape index (κ2) is 16.1. The highest BCUT2D eigenvalue weighted by Crippen LogP contribution is 2.52. The molecule has 0 bridgehead atoms. The van der Waals surface area contributed by atoms with Gasteiger partial charge in [0, 0.05) is 63.9 Å². The monoisotopic (exact) mass is 914 g/mol. The maximum absolute atomic E-state index is 6.85. The van der Waals surface area contributed by atoms with Crippen LogP contribution in [0.15, 0.2) is 245 Å². The summed E-state index contributed by atoms with van der Waals surface area (Å²) in [5, 5.41) is 9.13. The molecule has 0 saturated carbocycles. The second-order valence-corrected chi connectivity index (χ2v) is 19.1. The molecule has 0 aliphatic heterocycles. The van der Waals surface area contributed by atoms with E-state index in [1.807, 2.05) is 23.5 Å². The van der Waals surface area contributed by atoms with Gasteiger partial charge in [-0.25, -0.2) is 0 Å². The van der Waals surface area contributed by atoms with Crippen molar-refractivity contribution in [1.82, 2.24) is 0 Å². The highest BCUT2D eigenvalue weighted by Gasteiger charge is 2.27. The van der Waals surface area contributed by atoms with Crippen LogP contribution in [0, 0.1) is 6.92 Å². The van der Waals surface area contributed by atoms with Crippen LogP contribution in [0.25, 0.3) is 97.1 Å². The molecule has 0 spiro atoms. The molecule has 11 aromatic carbocycles. The first kappa shape index (κ1) is 40.2. The van der Waals surface area contributed by atoms with E-state index in [4.69, 9.17) is 8.83 Å². The van der Waals surface area contributed by atoms with Gasteiger partial charge < -0.3 is 18.6 Å². The molecule has 4 nitrogen and oxygen atoms in total. The zero-order valence-electron chi connectivity index (χ0n) is 38.1. The third-order valence-corrected chi connectivity index (χ3v) is 15.0. The van der Waals surface area contributed by atoms with Gasteiger partial charge in [0.05, 0.1) is 28.4 Å². The van der Waals surface area contributed by atoms with Gasteiger partial charge in [-0.3, -0.25) is 0 Å². The zero-order chi connectivity index (χ0) is 46.3. The summed E-state index contributed by atoms with van der Waals surface area (Å²) in [4.78, 5) is 4.84. The van der Waals surface area contributed by atoms with E-state index >= 15 is 0 Å². The molecule has 0 atom stereocenters. The number of thiophene rings is 1. The molecular formula is C65H42N2O2S. The van der Waals surface area contributed by atoms with Gasteiger partial charge in [0.1, 0.15) is 11.2 Å². The lowest BCUT2D eigenvalue weighted by molar-refractivity contribution is 0.669. The predicted molar refractivity (Wildman–Crippen MR) is 296 cm³/mol. The van der Waals surface area contributed by atoms with Crippen molar-refractivity contribution in [3.63, 3.8) is 0 Å². The van der Waals surface area contributed by atoms with Crippen LogP contribution in [-0.4, -0.2) is 0 Å². The van der Waals surface area contributed by atoms with Crippen molar-refractivity contribution in [2.24, 2.45) is 0 Å². The summed E-state index contributed by atoms with van der Waals surface area (Å²) >= 11 is 1.84. The first-order valence-electron chi connectivity index (χ1n) is 23.7. The van der Waals surface area contributed by atoms with Gasteiger partial charge in [-0.05, 0) is 90.2 Å². The zero-order valence-corrected chi connectivity index (χ0v) is 39.0. The van der Waals surface area contributed by atoms with E-state index in [0.717, 1.165) is 106 Å². The lowest BCUT2D eigenvalue weighted by atomic mass is 9.97. The molecule has 0 saturated heterocycles. The first-order valence-corrected chi connectivity index (χ1v) is 24.6. The van der Waals surface area contributed by atoms with Crippen LogP contribution in [0.5, 0.6) is 0 Å². The van der Waals surface area contributed by atoms with Gasteiger partial charge in [0.25, 0.3) is 0 Å². The van der Waals surface area contributed by atoms with Gasteiger partial charge in [0.2, 0.25) is 0 Å². The van der Waals surface area contributed by atoms with Crippen molar-refractivity contribution < 1.29 is 8.83 Å². The minimum absolute atomic E-state index is 0.849. The Morgan fingerprint density at radius 2 is 0.857 bits per heavy atom. The summed E-state index contributed by atoms with van der Waals surface area (Å²) < 4.78 is 16.1. The van der Waals surface area contributed by atoms with Crippen LogP contribution in [-0.2, 0) is 0 Å². The minimum atomic E-state index is 0.849. The molecule has 0 aliphatic carbocycles. The number of nitrogens with zero attached hydrogens (tertiary/aromatic N) is 2. The number of anilines is 6. The number of hydrogen-bond donors (Lipinski definition) is 0. The Morgan fingerprint density at radius 1 is 0.329 bits per heavy atom. The average Bonchev–Trinajstić information content (AvgIpc) is 4.12. The van der Waals surface area contributed by atoms with Gasteiger partial charge >= 0.3 is 0 Å². The molecule has 0 N–H and O–H groups in total. The topological polar surface area (TPSA) is 32.8 Å². The Labute approximate surface area is 408 Å². The molecule has 3 heterocycles. The normalized spacial score (nSPS) is 11.8. The van der Waals surface area contributed by atoms with Gasteiger partial charge in [-0.15, -0.1) is 11.3 Å². The Bertz CT molecular complexity index is 4340. The average molecular weight is 915 g/mol. The Hall–Kier alpha value is -8.90. The molecule has 14 rings (SSSR count). The number of furan rings is 2. The van der Waals surface area contributed by atoms with Crippen molar-refractivity contribution in [1.29, 1.82) is 0 Å². The summed E-state index contributed by atoms with van der Waals surface area (Å²) in [6.45, 7) is 2.17. The van der Waals surface area contributed by atoms with Crippen molar-refractivity contribution in [2.75, 3.05) is 9.80 Å². The van der Waals surface area contributed by atoms with Crippen LogP contribution >= 0.6 is 11.3 Å². The van der Waals surface area contributed by atoms with E-state index in [0.29, 0.717) is 0 Å². The fraction of sp³-hybridized carbons (Fsp3) is 0.0154. The highest BCUT2D eigenvalue weighted by molar-refractivity contribution is 7.26. The number of hydrogen-bond acceptors (Lipinski definition) is 5. The number of para-hydroxylation sites is 5. The SMILES string of the molecule is Cc1ccc(N(c2ccc3sc4cc(N(c5ccccc5-c5ccccc5)c5cccc6c5oc5ccccc56)c5ccccc5c4c3c2)c2cccc3c2oc2ccccc23)c(-c2ccccc2)c1. The Morgan fingerprint density at radius 3 is 1.54 bits per heavy atom. The third-order valence-electron chi connectivity index (χ3n) is 13.9. The maximum Gasteiger partial charge on any atom is 0.159 e. The summed E-state index contributed by atoms with van der Waals surface area (Å²) in [7, 11) is 0. The first-order chi connectivity index (χ1) is 34.6. The predicted octanol–water partition coefficient (Wildman–Crippen LogP) is 19.6. The molecule has 0 aliphatic rings. The Balaban J connectivity index is 1.04. The molecule has 70 heavy (non-hydrogen) atoms. The summed E-state index contributed by atoms with van der Waals surface area (Å²) in [6.07, 6.45) is 0. The van der Waals surface area contributed by atoms with Gasteiger partial charge in [-0.2, -0.15) is 0 Å². The number of fused-ring (bicyclic) bond motifs is 11. The van der Waals surface area contributed by atoms with E-state index in [9.17, 15) is 0 Å². The molecule has 5 heteroatoms. The third kappa shape index (κ3) is 6.36. The second-order valence-electron chi connectivity index (χ2n) is 18.0. The quantitative estimate of drug-likeness (QED) is 0.152. The molecule has 0 radical (unpaired) electrons. The summed E-state index contributed by atoms with van der Waals surface area (Å²) in [6, 6.07) is 85.0. The van der Waals surface area contributed by atoms with Gasteiger partial charge in [-0.1, -0.05) is 175 Å².